The van der Waals surface area contributed by atoms with Crippen molar-refractivity contribution in [2.75, 3.05) is 36.1 Å². The largest absolute Gasteiger partial charge is 0.297 e. The molecule has 1 aromatic heterocycles. The van der Waals surface area contributed by atoms with E-state index >= 15 is 0 Å². The second-order valence-corrected chi connectivity index (χ2v) is 7.03. The first-order chi connectivity index (χ1) is 8.43. The number of thioether (sulfide) groups is 2. The molecule has 0 radical (unpaired) electrons. The number of hydrogen-bond donors (Lipinski definition) is 0. The van der Waals surface area contributed by atoms with Gasteiger partial charge in [0.25, 0.3) is 0 Å². The topological polar surface area (TPSA) is 16.1 Å². The predicted octanol–water partition coefficient (Wildman–Crippen LogP) is 2.33. The lowest BCUT2D eigenvalue weighted by Crippen LogP contribution is -2.52. The first-order valence-corrected chi connectivity index (χ1v) is 8.54. The van der Waals surface area contributed by atoms with E-state index in [9.17, 15) is 0 Å². The third kappa shape index (κ3) is 2.80. The van der Waals surface area contributed by atoms with E-state index in [1.165, 1.54) is 41.7 Å². The summed E-state index contributed by atoms with van der Waals surface area (Å²) in [5, 5.41) is 0. The molecule has 0 unspecified atom stereocenters. The Hall–Kier alpha value is -0.190. The SMILES string of the molecule is c1cc(C2CN(C3CSCCSC3)C2)ccn1. The van der Waals surface area contributed by atoms with Crippen molar-refractivity contribution < 1.29 is 0 Å². The fraction of sp³-hybridized carbons (Fsp3) is 0.615. The Balaban J connectivity index is 1.54. The van der Waals surface area contributed by atoms with E-state index in [0.29, 0.717) is 0 Å². The van der Waals surface area contributed by atoms with Crippen molar-refractivity contribution in [3.63, 3.8) is 0 Å². The van der Waals surface area contributed by atoms with Crippen molar-refractivity contribution in [3.8, 4) is 0 Å². The van der Waals surface area contributed by atoms with E-state index in [1.807, 2.05) is 12.4 Å². The van der Waals surface area contributed by atoms with Crippen LogP contribution in [-0.4, -0.2) is 52.0 Å². The van der Waals surface area contributed by atoms with Gasteiger partial charge in [-0.15, -0.1) is 0 Å². The molecule has 4 heteroatoms. The van der Waals surface area contributed by atoms with Crippen molar-refractivity contribution in [1.29, 1.82) is 0 Å². The van der Waals surface area contributed by atoms with Crippen LogP contribution in [0.2, 0.25) is 0 Å². The average Bonchev–Trinajstić information content (AvgIpc) is 2.58. The van der Waals surface area contributed by atoms with E-state index in [0.717, 1.165) is 12.0 Å². The number of pyridine rings is 1. The summed E-state index contributed by atoms with van der Waals surface area (Å²) in [7, 11) is 0. The van der Waals surface area contributed by atoms with Crippen LogP contribution in [0.15, 0.2) is 24.5 Å². The van der Waals surface area contributed by atoms with Gasteiger partial charge in [0.2, 0.25) is 0 Å². The molecule has 2 fully saturated rings. The van der Waals surface area contributed by atoms with Crippen LogP contribution in [0.1, 0.15) is 11.5 Å². The molecule has 0 bridgehead atoms. The zero-order chi connectivity index (χ0) is 11.5. The molecule has 2 saturated heterocycles. The quantitative estimate of drug-likeness (QED) is 0.816. The van der Waals surface area contributed by atoms with Gasteiger partial charge in [-0.1, -0.05) is 0 Å². The Kier molecular flexibility index (Phi) is 3.94. The standard InChI is InChI=1S/C13H18N2S2/c1-3-14-4-2-11(1)12-7-15(8-12)13-9-16-5-6-17-10-13/h1-4,12-13H,5-10H2. The second kappa shape index (κ2) is 5.63. The zero-order valence-electron chi connectivity index (χ0n) is 9.92. The molecule has 1 aromatic rings. The van der Waals surface area contributed by atoms with E-state index in [2.05, 4.69) is 45.5 Å². The van der Waals surface area contributed by atoms with E-state index in [-0.39, 0.29) is 0 Å². The fourth-order valence-corrected chi connectivity index (χ4v) is 5.10. The Morgan fingerprint density at radius 1 is 1.06 bits per heavy atom. The van der Waals surface area contributed by atoms with Crippen LogP contribution in [0.25, 0.3) is 0 Å². The summed E-state index contributed by atoms with van der Waals surface area (Å²) in [6.07, 6.45) is 3.82. The van der Waals surface area contributed by atoms with Gasteiger partial charge in [-0.2, -0.15) is 23.5 Å². The summed E-state index contributed by atoms with van der Waals surface area (Å²) in [5.74, 6) is 6.08. The van der Waals surface area contributed by atoms with Crippen molar-refractivity contribution >= 4 is 23.5 Å². The number of hydrogen-bond acceptors (Lipinski definition) is 4. The predicted molar refractivity (Wildman–Crippen MR) is 77.0 cm³/mol. The molecule has 0 spiro atoms. The molecular weight excluding hydrogens is 248 g/mol. The first-order valence-electron chi connectivity index (χ1n) is 6.23. The Morgan fingerprint density at radius 2 is 1.71 bits per heavy atom. The van der Waals surface area contributed by atoms with Gasteiger partial charge in [-0.05, 0) is 17.7 Å². The summed E-state index contributed by atoms with van der Waals surface area (Å²) in [4.78, 5) is 6.75. The van der Waals surface area contributed by atoms with E-state index in [4.69, 9.17) is 0 Å². The molecule has 3 rings (SSSR count). The minimum Gasteiger partial charge on any atom is -0.297 e. The molecule has 0 N–H and O–H groups in total. The summed E-state index contributed by atoms with van der Waals surface area (Å²) >= 11 is 4.25. The van der Waals surface area contributed by atoms with Crippen LogP contribution in [0, 0.1) is 0 Å². The molecule has 0 aliphatic carbocycles. The van der Waals surface area contributed by atoms with Crippen molar-refractivity contribution in [2.24, 2.45) is 0 Å². The van der Waals surface area contributed by atoms with Crippen LogP contribution in [0.5, 0.6) is 0 Å². The zero-order valence-corrected chi connectivity index (χ0v) is 11.6. The lowest BCUT2D eigenvalue weighted by atomic mass is 9.91. The van der Waals surface area contributed by atoms with Gasteiger partial charge >= 0.3 is 0 Å². The van der Waals surface area contributed by atoms with Crippen molar-refractivity contribution in [1.82, 2.24) is 9.88 Å². The van der Waals surface area contributed by atoms with Crippen LogP contribution >= 0.6 is 23.5 Å². The van der Waals surface area contributed by atoms with Gasteiger partial charge in [0.15, 0.2) is 0 Å². The lowest BCUT2D eigenvalue weighted by Gasteiger charge is -2.44. The maximum atomic E-state index is 4.09. The molecule has 2 aliphatic heterocycles. The summed E-state index contributed by atoms with van der Waals surface area (Å²) in [6.45, 7) is 2.49. The van der Waals surface area contributed by atoms with Crippen LogP contribution in [0.3, 0.4) is 0 Å². The first kappa shape index (κ1) is 11.9. The number of nitrogens with zero attached hydrogens (tertiary/aromatic N) is 2. The highest BCUT2D eigenvalue weighted by Crippen LogP contribution is 2.31. The Bertz CT molecular complexity index is 344. The van der Waals surface area contributed by atoms with Gasteiger partial charge in [0.05, 0.1) is 0 Å². The normalized spacial score (nSPS) is 24.2. The fourth-order valence-electron chi connectivity index (χ4n) is 2.47. The maximum absolute atomic E-state index is 4.09. The third-order valence-corrected chi connectivity index (χ3v) is 6.08. The molecule has 2 aliphatic rings. The second-order valence-electron chi connectivity index (χ2n) is 4.74. The molecular formula is C13H18N2S2. The highest BCUT2D eigenvalue weighted by atomic mass is 32.2. The minimum absolute atomic E-state index is 0.747. The number of likely N-dealkylation sites (tertiary alicyclic amines) is 1. The van der Waals surface area contributed by atoms with Crippen LogP contribution in [0.4, 0.5) is 0 Å². The highest BCUT2D eigenvalue weighted by Gasteiger charge is 2.33. The Morgan fingerprint density at radius 3 is 2.35 bits per heavy atom. The van der Waals surface area contributed by atoms with Gasteiger partial charge in [-0.3, -0.25) is 9.88 Å². The van der Waals surface area contributed by atoms with Gasteiger partial charge in [-0.25, -0.2) is 0 Å². The summed E-state index contributed by atoms with van der Waals surface area (Å²) < 4.78 is 0. The van der Waals surface area contributed by atoms with Crippen LogP contribution in [-0.2, 0) is 0 Å². The molecule has 92 valence electrons. The molecule has 3 heterocycles. The van der Waals surface area contributed by atoms with Crippen molar-refractivity contribution in [2.45, 2.75) is 12.0 Å². The molecule has 2 nitrogen and oxygen atoms in total. The molecule has 0 saturated carbocycles. The maximum Gasteiger partial charge on any atom is 0.0277 e. The number of aromatic nitrogens is 1. The Labute approximate surface area is 112 Å². The summed E-state index contributed by atoms with van der Waals surface area (Å²) in [5.41, 5.74) is 1.46. The lowest BCUT2D eigenvalue weighted by molar-refractivity contribution is 0.114. The molecule has 0 atom stereocenters. The van der Waals surface area contributed by atoms with E-state index < -0.39 is 0 Å². The molecule has 17 heavy (non-hydrogen) atoms. The van der Waals surface area contributed by atoms with Gasteiger partial charge in [0, 0.05) is 60.5 Å². The molecule has 0 amide bonds. The third-order valence-electron chi connectivity index (χ3n) is 3.60. The van der Waals surface area contributed by atoms with E-state index in [1.54, 1.807) is 0 Å². The summed E-state index contributed by atoms with van der Waals surface area (Å²) in [6, 6.07) is 5.14. The smallest absolute Gasteiger partial charge is 0.0277 e. The van der Waals surface area contributed by atoms with Crippen LogP contribution < -0.4 is 0 Å². The van der Waals surface area contributed by atoms with Gasteiger partial charge in [0.1, 0.15) is 0 Å². The minimum atomic E-state index is 0.747. The molecule has 0 aromatic carbocycles. The number of rotatable bonds is 2. The average molecular weight is 266 g/mol. The van der Waals surface area contributed by atoms with Gasteiger partial charge < -0.3 is 0 Å². The monoisotopic (exact) mass is 266 g/mol. The highest BCUT2D eigenvalue weighted by molar-refractivity contribution is 8.03. The van der Waals surface area contributed by atoms with Crippen molar-refractivity contribution in [3.05, 3.63) is 30.1 Å².